The maximum absolute atomic E-state index is 5.59. The van der Waals surface area contributed by atoms with Crippen LogP contribution in [0.5, 0.6) is 0 Å². The fourth-order valence-electron chi connectivity index (χ4n) is 2.40. The highest BCUT2D eigenvalue weighted by molar-refractivity contribution is 5.57. The molecule has 0 bridgehead atoms. The lowest BCUT2D eigenvalue weighted by Crippen LogP contribution is -2.11. The highest BCUT2D eigenvalue weighted by Gasteiger charge is 2.15. The minimum absolute atomic E-state index is 0.105. The van der Waals surface area contributed by atoms with Gasteiger partial charge in [0.05, 0.1) is 11.7 Å². The van der Waals surface area contributed by atoms with Crippen molar-refractivity contribution in [2.24, 2.45) is 0 Å². The Morgan fingerprint density at radius 1 is 1.33 bits per heavy atom. The lowest BCUT2D eigenvalue weighted by atomic mass is 10.1. The molecule has 1 atom stereocenters. The van der Waals surface area contributed by atoms with Gasteiger partial charge in [-0.05, 0) is 39.0 Å². The molecule has 3 heterocycles. The smallest absolute Gasteiger partial charge is 0.178 e. The molecule has 0 aliphatic carbocycles. The largest absolute Gasteiger partial charge is 0.466 e. The number of hydrogen-bond acceptors (Lipinski definition) is 5. The van der Waals surface area contributed by atoms with E-state index in [2.05, 4.69) is 33.4 Å². The first-order valence-electron chi connectivity index (χ1n) is 6.78. The average molecular weight is 283 g/mol. The highest BCUT2D eigenvalue weighted by Crippen LogP contribution is 2.26. The van der Waals surface area contributed by atoms with E-state index in [1.807, 2.05) is 26.0 Å². The molecule has 0 radical (unpaired) electrons. The summed E-state index contributed by atoms with van der Waals surface area (Å²) in [7, 11) is 0. The maximum Gasteiger partial charge on any atom is 0.178 e. The summed E-state index contributed by atoms with van der Waals surface area (Å²) >= 11 is 0. The van der Waals surface area contributed by atoms with Crippen molar-refractivity contribution >= 4 is 5.69 Å². The van der Waals surface area contributed by atoms with Crippen LogP contribution >= 0.6 is 0 Å². The topological polar surface area (TPSA) is 68.8 Å². The zero-order chi connectivity index (χ0) is 14.8. The molecule has 0 aliphatic heterocycles. The van der Waals surface area contributed by atoms with E-state index in [1.165, 1.54) is 6.33 Å². The molecular formula is C15H17N5O. The first-order valence-corrected chi connectivity index (χ1v) is 6.78. The number of hydrogen-bond donors (Lipinski definition) is 1. The van der Waals surface area contributed by atoms with Crippen molar-refractivity contribution in [1.82, 2.24) is 19.7 Å². The normalized spacial score (nSPS) is 12.3. The van der Waals surface area contributed by atoms with E-state index >= 15 is 0 Å². The Kier molecular flexibility index (Phi) is 3.43. The molecule has 0 spiro atoms. The van der Waals surface area contributed by atoms with Crippen molar-refractivity contribution in [2.45, 2.75) is 26.8 Å². The number of nitrogens with one attached hydrogen (secondary N) is 1. The molecule has 0 aromatic carbocycles. The summed E-state index contributed by atoms with van der Waals surface area (Å²) in [4.78, 5) is 8.33. The molecule has 21 heavy (non-hydrogen) atoms. The fraction of sp³-hybridized carbons (Fsp3) is 0.267. The Labute approximate surface area is 122 Å². The highest BCUT2D eigenvalue weighted by atomic mass is 16.3. The van der Waals surface area contributed by atoms with Crippen molar-refractivity contribution < 1.29 is 4.42 Å². The quantitative estimate of drug-likeness (QED) is 0.797. The molecule has 108 valence electrons. The van der Waals surface area contributed by atoms with E-state index in [4.69, 9.17) is 4.42 Å². The van der Waals surface area contributed by atoms with Crippen molar-refractivity contribution in [3.05, 3.63) is 54.1 Å². The van der Waals surface area contributed by atoms with E-state index in [9.17, 15) is 0 Å². The van der Waals surface area contributed by atoms with E-state index in [1.54, 1.807) is 17.2 Å². The molecule has 6 nitrogen and oxygen atoms in total. The zero-order valence-electron chi connectivity index (χ0n) is 12.2. The van der Waals surface area contributed by atoms with Gasteiger partial charge in [-0.25, -0.2) is 14.6 Å². The summed E-state index contributed by atoms with van der Waals surface area (Å²) < 4.78 is 7.23. The number of pyridine rings is 1. The number of furan rings is 1. The average Bonchev–Trinajstić information content (AvgIpc) is 3.09. The van der Waals surface area contributed by atoms with Gasteiger partial charge in [-0.1, -0.05) is 0 Å². The second-order valence-electron chi connectivity index (χ2n) is 4.95. The summed E-state index contributed by atoms with van der Waals surface area (Å²) in [5, 5.41) is 7.59. The third-order valence-corrected chi connectivity index (χ3v) is 3.34. The van der Waals surface area contributed by atoms with Gasteiger partial charge < -0.3 is 9.73 Å². The molecule has 0 amide bonds. The summed E-state index contributed by atoms with van der Waals surface area (Å²) in [5.41, 5.74) is 2.04. The molecule has 3 aromatic heterocycles. The third kappa shape index (κ3) is 2.65. The molecule has 0 saturated heterocycles. The Morgan fingerprint density at radius 2 is 2.19 bits per heavy atom. The van der Waals surface area contributed by atoms with Crippen molar-refractivity contribution in [3.63, 3.8) is 0 Å². The molecule has 0 aliphatic rings. The van der Waals surface area contributed by atoms with Crippen molar-refractivity contribution in [2.75, 3.05) is 5.32 Å². The molecule has 0 saturated carbocycles. The number of anilines is 1. The van der Waals surface area contributed by atoms with Gasteiger partial charge in [-0.3, -0.25) is 0 Å². The van der Waals surface area contributed by atoms with Gasteiger partial charge in [0, 0.05) is 11.8 Å². The second-order valence-corrected chi connectivity index (χ2v) is 4.95. The Hall–Kier alpha value is -2.63. The van der Waals surface area contributed by atoms with Crippen LogP contribution in [0.15, 0.2) is 41.5 Å². The Balaban J connectivity index is 1.90. The van der Waals surface area contributed by atoms with Gasteiger partial charge in [-0.2, -0.15) is 5.10 Å². The number of aromatic nitrogens is 4. The van der Waals surface area contributed by atoms with E-state index < -0.39 is 0 Å². The fourth-order valence-corrected chi connectivity index (χ4v) is 2.40. The SMILES string of the molecule is Cc1cc(C(C)Nc2cccnc2-n2cncn2)c(C)o1. The standard InChI is InChI=1S/C15H17N5O/c1-10-7-13(12(3)21-10)11(2)19-14-5-4-6-17-15(14)20-9-16-8-18-20/h4-9,11,19H,1-3H3. The lowest BCUT2D eigenvalue weighted by Gasteiger charge is -2.16. The Morgan fingerprint density at radius 3 is 2.86 bits per heavy atom. The molecule has 3 rings (SSSR count). The van der Waals surface area contributed by atoms with Crippen LogP contribution in [0.3, 0.4) is 0 Å². The number of nitrogens with zero attached hydrogens (tertiary/aromatic N) is 4. The van der Waals surface area contributed by atoms with Crippen LogP contribution in [0.25, 0.3) is 5.82 Å². The second kappa shape index (κ2) is 5.40. The van der Waals surface area contributed by atoms with Crippen LogP contribution < -0.4 is 5.32 Å². The van der Waals surface area contributed by atoms with Crippen LogP contribution in [0.2, 0.25) is 0 Å². The summed E-state index contributed by atoms with van der Waals surface area (Å²) in [6.45, 7) is 6.02. The minimum atomic E-state index is 0.105. The molecule has 1 unspecified atom stereocenters. The summed E-state index contributed by atoms with van der Waals surface area (Å²) in [5.74, 6) is 2.57. The van der Waals surface area contributed by atoms with E-state index in [0.29, 0.717) is 0 Å². The first-order chi connectivity index (χ1) is 10.1. The maximum atomic E-state index is 5.59. The minimum Gasteiger partial charge on any atom is -0.466 e. The van der Waals surface area contributed by atoms with Gasteiger partial charge >= 0.3 is 0 Å². The molecule has 1 N–H and O–H groups in total. The van der Waals surface area contributed by atoms with Crippen LogP contribution in [-0.4, -0.2) is 19.7 Å². The first kappa shape index (κ1) is 13.4. The van der Waals surface area contributed by atoms with E-state index in [-0.39, 0.29) is 6.04 Å². The lowest BCUT2D eigenvalue weighted by molar-refractivity contribution is 0.500. The monoisotopic (exact) mass is 283 g/mol. The van der Waals surface area contributed by atoms with Gasteiger partial charge in [-0.15, -0.1) is 0 Å². The van der Waals surface area contributed by atoms with Crippen LogP contribution in [0.1, 0.15) is 30.0 Å². The summed E-state index contributed by atoms with van der Waals surface area (Å²) in [6.07, 6.45) is 4.86. The number of rotatable bonds is 4. The van der Waals surface area contributed by atoms with Crippen LogP contribution in [0.4, 0.5) is 5.69 Å². The van der Waals surface area contributed by atoms with Gasteiger partial charge in [0.1, 0.15) is 24.2 Å². The van der Waals surface area contributed by atoms with Crippen LogP contribution in [0, 0.1) is 13.8 Å². The van der Waals surface area contributed by atoms with Crippen molar-refractivity contribution in [1.29, 1.82) is 0 Å². The molecule has 0 fully saturated rings. The predicted octanol–water partition coefficient (Wildman–Crippen LogP) is 3.05. The third-order valence-electron chi connectivity index (χ3n) is 3.34. The molecule has 3 aromatic rings. The molecular weight excluding hydrogens is 266 g/mol. The summed E-state index contributed by atoms with van der Waals surface area (Å²) in [6, 6.07) is 6.03. The zero-order valence-corrected chi connectivity index (χ0v) is 12.2. The van der Waals surface area contributed by atoms with Crippen LogP contribution in [-0.2, 0) is 0 Å². The van der Waals surface area contributed by atoms with Crippen molar-refractivity contribution in [3.8, 4) is 5.82 Å². The molecule has 6 heteroatoms. The van der Waals surface area contributed by atoms with Gasteiger partial charge in [0.25, 0.3) is 0 Å². The van der Waals surface area contributed by atoms with Gasteiger partial charge in [0.15, 0.2) is 5.82 Å². The Bertz CT molecular complexity index is 732. The predicted molar refractivity (Wildman–Crippen MR) is 79.4 cm³/mol. The van der Waals surface area contributed by atoms with Gasteiger partial charge in [0.2, 0.25) is 0 Å². The number of aryl methyl sites for hydroxylation is 2. The van der Waals surface area contributed by atoms with E-state index in [0.717, 1.165) is 28.6 Å².